The summed E-state index contributed by atoms with van der Waals surface area (Å²) in [6, 6.07) is 12.2. The molecule has 3 aromatic heterocycles. The van der Waals surface area contributed by atoms with E-state index in [-0.39, 0.29) is 0 Å². The summed E-state index contributed by atoms with van der Waals surface area (Å²) in [6.07, 6.45) is 1.67. The molecule has 0 aliphatic carbocycles. The van der Waals surface area contributed by atoms with Crippen LogP contribution in [0.5, 0.6) is 0 Å². The highest BCUT2D eigenvalue weighted by Crippen LogP contribution is 2.35. The van der Waals surface area contributed by atoms with Crippen LogP contribution in [-0.4, -0.2) is 51.7 Å². The predicted octanol–water partition coefficient (Wildman–Crippen LogP) is 3.35. The van der Waals surface area contributed by atoms with Gasteiger partial charge in [0.05, 0.1) is 23.6 Å². The summed E-state index contributed by atoms with van der Waals surface area (Å²) in [5.74, 6) is 1.32. The smallest absolute Gasteiger partial charge is 0.213 e. The van der Waals surface area contributed by atoms with E-state index in [2.05, 4.69) is 37.0 Å². The molecule has 5 heterocycles. The van der Waals surface area contributed by atoms with Gasteiger partial charge in [0.15, 0.2) is 17.3 Å². The Morgan fingerprint density at radius 2 is 1.79 bits per heavy atom. The highest BCUT2D eigenvalue weighted by molar-refractivity contribution is 7.13. The normalized spacial score (nSPS) is 19.2. The molecule has 7 nitrogen and oxygen atoms in total. The molecule has 2 fully saturated rings. The highest BCUT2D eigenvalue weighted by Gasteiger charge is 2.40. The minimum atomic E-state index is -0.407. The van der Waals surface area contributed by atoms with E-state index in [4.69, 9.17) is 14.5 Å². The number of hydrogen-bond acceptors (Lipinski definition) is 7. The average Bonchev–Trinajstić information content (AvgIpc) is 3.49. The summed E-state index contributed by atoms with van der Waals surface area (Å²) < 4.78 is 13.9. The van der Waals surface area contributed by atoms with Gasteiger partial charge in [0.25, 0.3) is 0 Å². The molecule has 8 heteroatoms. The molecule has 0 saturated carbocycles. The summed E-state index contributed by atoms with van der Waals surface area (Å²) in [5, 5.41) is 12.1. The number of anilines is 1. The van der Waals surface area contributed by atoms with Crippen LogP contribution in [0.2, 0.25) is 0 Å². The van der Waals surface area contributed by atoms with E-state index in [0.29, 0.717) is 13.2 Å². The molecule has 28 heavy (non-hydrogen) atoms. The van der Waals surface area contributed by atoms with Gasteiger partial charge in [-0.2, -0.15) is 0 Å². The summed E-state index contributed by atoms with van der Waals surface area (Å²) >= 11 is 1.66. The van der Waals surface area contributed by atoms with Crippen LogP contribution in [0.25, 0.3) is 27.3 Å². The van der Waals surface area contributed by atoms with Crippen LogP contribution in [0.4, 0.5) is 5.95 Å². The maximum atomic E-state index is 5.89. The molecule has 0 unspecified atom stereocenters. The average molecular weight is 393 g/mol. The topological polar surface area (TPSA) is 64.8 Å². The number of thiophene rings is 1. The second kappa shape index (κ2) is 6.23. The number of piperidine rings is 1. The lowest BCUT2D eigenvalue weighted by atomic mass is 10.0. The van der Waals surface area contributed by atoms with Gasteiger partial charge >= 0.3 is 0 Å². The largest absolute Gasteiger partial charge is 0.347 e. The Hall–Kier alpha value is -2.55. The Bertz CT molecular complexity index is 1140. The van der Waals surface area contributed by atoms with Gasteiger partial charge in [0.2, 0.25) is 5.95 Å². The van der Waals surface area contributed by atoms with E-state index >= 15 is 0 Å². The molecule has 6 rings (SSSR count). The first-order valence-corrected chi connectivity index (χ1v) is 10.4. The molecule has 4 aromatic rings. The Labute approximate surface area is 165 Å². The molecular weight excluding hydrogens is 374 g/mol. The van der Waals surface area contributed by atoms with E-state index in [1.54, 1.807) is 11.3 Å². The van der Waals surface area contributed by atoms with Gasteiger partial charge in [-0.25, -0.2) is 9.38 Å². The summed E-state index contributed by atoms with van der Waals surface area (Å²) in [5.41, 5.74) is 1.78. The fraction of sp³-hybridized carbons (Fsp3) is 0.350. The third-order valence-electron chi connectivity index (χ3n) is 5.59. The quantitative estimate of drug-likeness (QED) is 0.520. The number of benzene rings is 1. The molecule has 0 N–H and O–H groups in total. The van der Waals surface area contributed by atoms with Gasteiger partial charge in [-0.15, -0.1) is 21.5 Å². The van der Waals surface area contributed by atoms with Crippen LogP contribution in [0.1, 0.15) is 12.8 Å². The number of para-hydroxylation sites is 1. The highest BCUT2D eigenvalue weighted by atomic mass is 32.1. The number of rotatable bonds is 2. The minimum absolute atomic E-state index is 0.407. The molecular formula is C20H19N5O2S. The van der Waals surface area contributed by atoms with Gasteiger partial charge in [-0.05, 0) is 23.6 Å². The molecule has 0 bridgehead atoms. The number of nitrogens with zero attached hydrogens (tertiary/aromatic N) is 5. The van der Waals surface area contributed by atoms with E-state index in [9.17, 15) is 0 Å². The SMILES string of the molecule is c1csc(-c2nnc3c4ccccc4nc(N4CCC5(CC4)OCCO5)n23)c1. The summed E-state index contributed by atoms with van der Waals surface area (Å²) in [6.45, 7) is 3.02. The molecule has 142 valence electrons. The third kappa shape index (κ3) is 2.45. The number of aromatic nitrogens is 4. The maximum absolute atomic E-state index is 5.89. The first-order chi connectivity index (χ1) is 13.8. The van der Waals surface area contributed by atoms with Gasteiger partial charge < -0.3 is 14.4 Å². The number of hydrogen-bond donors (Lipinski definition) is 0. The van der Waals surface area contributed by atoms with Crippen LogP contribution in [0.15, 0.2) is 41.8 Å². The lowest BCUT2D eigenvalue weighted by Crippen LogP contribution is -2.46. The fourth-order valence-corrected chi connectivity index (χ4v) is 4.88. The molecule has 0 amide bonds. The molecule has 2 aliphatic rings. The Balaban J connectivity index is 1.51. The van der Waals surface area contributed by atoms with Gasteiger partial charge in [-0.1, -0.05) is 18.2 Å². The molecule has 0 radical (unpaired) electrons. The van der Waals surface area contributed by atoms with Crippen molar-refractivity contribution in [3.05, 3.63) is 41.8 Å². The van der Waals surface area contributed by atoms with Gasteiger partial charge in [0, 0.05) is 31.3 Å². The molecule has 2 aliphatic heterocycles. The van der Waals surface area contributed by atoms with E-state index in [1.807, 2.05) is 24.3 Å². The fourth-order valence-electron chi connectivity index (χ4n) is 4.18. The van der Waals surface area contributed by atoms with Crippen LogP contribution < -0.4 is 4.90 Å². The van der Waals surface area contributed by atoms with Crippen LogP contribution in [-0.2, 0) is 9.47 Å². The lowest BCUT2D eigenvalue weighted by Gasteiger charge is -2.38. The van der Waals surface area contributed by atoms with Crippen molar-refractivity contribution in [1.29, 1.82) is 0 Å². The molecule has 0 atom stereocenters. The van der Waals surface area contributed by atoms with E-state index < -0.39 is 5.79 Å². The van der Waals surface area contributed by atoms with E-state index in [1.165, 1.54) is 0 Å². The maximum Gasteiger partial charge on any atom is 0.213 e. The third-order valence-corrected chi connectivity index (χ3v) is 6.46. The minimum Gasteiger partial charge on any atom is -0.347 e. The van der Waals surface area contributed by atoms with Crippen molar-refractivity contribution >= 4 is 33.8 Å². The molecule has 2 saturated heterocycles. The van der Waals surface area contributed by atoms with Crippen LogP contribution in [0, 0.1) is 0 Å². The van der Waals surface area contributed by atoms with Gasteiger partial charge in [-0.3, -0.25) is 0 Å². The van der Waals surface area contributed by atoms with Crippen LogP contribution >= 0.6 is 11.3 Å². The first kappa shape index (κ1) is 16.4. The summed E-state index contributed by atoms with van der Waals surface area (Å²) in [7, 11) is 0. The first-order valence-electron chi connectivity index (χ1n) is 9.54. The van der Waals surface area contributed by atoms with Crippen molar-refractivity contribution in [3.63, 3.8) is 0 Å². The van der Waals surface area contributed by atoms with Crippen molar-refractivity contribution < 1.29 is 9.47 Å². The second-order valence-corrected chi connectivity index (χ2v) is 8.13. The zero-order chi connectivity index (χ0) is 18.6. The van der Waals surface area contributed by atoms with Crippen molar-refractivity contribution in [3.8, 4) is 10.7 Å². The Morgan fingerprint density at radius 3 is 2.57 bits per heavy atom. The van der Waals surface area contributed by atoms with Crippen LogP contribution in [0.3, 0.4) is 0 Å². The zero-order valence-electron chi connectivity index (χ0n) is 15.2. The van der Waals surface area contributed by atoms with Gasteiger partial charge in [0.1, 0.15) is 0 Å². The van der Waals surface area contributed by atoms with Crippen molar-refractivity contribution in [1.82, 2.24) is 19.6 Å². The molecule has 1 spiro atoms. The monoisotopic (exact) mass is 393 g/mol. The standard InChI is InChI=1S/C20H19N5O2S/c1-2-5-15-14(4-1)17-22-23-18(16-6-3-13-28-16)25(17)19(21-15)24-9-7-20(8-10-24)26-11-12-27-20/h1-6,13H,7-12H2. The van der Waals surface area contributed by atoms with E-state index in [0.717, 1.165) is 59.1 Å². The molecule has 1 aromatic carbocycles. The summed E-state index contributed by atoms with van der Waals surface area (Å²) in [4.78, 5) is 8.40. The van der Waals surface area contributed by atoms with Crippen molar-refractivity contribution in [2.75, 3.05) is 31.2 Å². The Morgan fingerprint density at radius 1 is 0.964 bits per heavy atom. The lowest BCUT2D eigenvalue weighted by molar-refractivity contribution is -0.169. The number of fused-ring (bicyclic) bond motifs is 3. The predicted molar refractivity (Wildman–Crippen MR) is 108 cm³/mol. The number of ether oxygens (including phenoxy) is 2. The second-order valence-electron chi connectivity index (χ2n) is 7.18. The zero-order valence-corrected chi connectivity index (χ0v) is 16.1. The Kier molecular flexibility index (Phi) is 3.65. The van der Waals surface area contributed by atoms with Crippen molar-refractivity contribution in [2.45, 2.75) is 18.6 Å². The van der Waals surface area contributed by atoms with Crippen molar-refractivity contribution in [2.24, 2.45) is 0 Å².